The van der Waals surface area contributed by atoms with Crippen LogP contribution in [0.4, 0.5) is 4.39 Å². The highest BCUT2D eigenvalue weighted by Crippen LogP contribution is 2.27. The minimum Gasteiger partial charge on any atom is -0.488 e. The number of nitrogens with one attached hydrogen (secondary N) is 1. The lowest BCUT2D eigenvalue weighted by atomic mass is 10.1. The summed E-state index contributed by atoms with van der Waals surface area (Å²) in [6.07, 6.45) is 3.20. The fourth-order valence-electron chi connectivity index (χ4n) is 1.82. The lowest BCUT2D eigenvalue weighted by molar-refractivity contribution is 0.298. The van der Waals surface area contributed by atoms with Crippen LogP contribution in [-0.4, -0.2) is 12.0 Å². The van der Waals surface area contributed by atoms with Crippen LogP contribution in [0.5, 0.6) is 5.75 Å². The molecule has 0 radical (unpaired) electrons. The molecule has 1 unspecified atom stereocenters. The highest BCUT2D eigenvalue weighted by Gasteiger charge is 2.12. The molecular weight excluding hydrogens is 279 g/mol. The Bertz CT molecular complexity index is 592. The molecule has 1 atom stereocenters. The Kier molecular flexibility index (Phi) is 4.93. The van der Waals surface area contributed by atoms with E-state index in [1.54, 1.807) is 24.5 Å². The number of nitrogens with zero attached hydrogens (tertiary/aromatic N) is 1. The minimum absolute atomic E-state index is 0.0681. The van der Waals surface area contributed by atoms with E-state index in [4.69, 9.17) is 16.3 Å². The van der Waals surface area contributed by atoms with Crippen LogP contribution in [0.3, 0.4) is 0 Å². The van der Waals surface area contributed by atoms with Crippen LogP contribution in [0, 0.1) is 5.82 Å². The second-order valence-electron chi connectivity index (χ2n) is 4.45. The van der Waals surface area contributed by atoms with Crippen molar-refractivity contribution in [1.82, 2.24) is 10.3 Å². The first kappa shape index (κ1) is 14.8. The van der Waals surface area contributed by atoms with Crippen LogP contribution < -0.4 is 10.1 Å². The van der Waals surface area contributed by atoms with Crippen molar-refractivity contribution in [3.63, 3.8) is 0 Å². The van der Waals surface area contributed by atoms with E-state index in [0.29, 0.717) is 10.8 Å². The van der Waals surface area contributed by atoms with Gasteiger partial charge in [-0.3, -0.25) is 4.98 Å². The Balaban J connectivity index is 2.20. The summed E-state index contributed by atoms with van der Waals surface area (Å²) in [5.41, 5.74) is 1.72. The van der Waals surface area contributed by atoms with Crippen molar-refractivity contribution in [1.29, 1.82) is 0 Å². The van der Waals surface area contributed by atoms with Crippen molar-refractivity contribution >= 4 is 11.6 Å². The van der Waals surface area contributed by atoms with Gasteiger partial charge in [0, 0.05) is 35.6 Å². The number of rotatable bonds is 5. The quantitative estimate of drug-likeness (QED) is 0.912. The topological polar surface area (TPSA) is 34.1 Å². The smallest absolute Gasteiger partial charge is 0.127 e. The summed E-state index contributed by atoms with van der Waals surface area (Å²) in [6, 6.07) is 6.38. The zero-order valence-electron chi connectivity index (χ0n) is 11.4. The highest BCUT2D eigenvalue weighted by atomic mass is 35.5. The van der Waals surface area contributed by atoms with Gasteiger partial charge in [-0.15, -0.1) is 0 Å². The molecule has 1 aromatic heterocycles. The first-order valence-electron chi connectivity index (χ1n) is 6.29. The third-order valence-corrected chi connectivity index (χ3v) is 3.46. The molecule has 0 fully saturated rings. The summed E-state index contributed by atoms with van der Waals surface area (Å²) in [7, 11) is 1.84. The molecule has 1 N–H and O–H groups in total. The molecule has 0 aliphatic heterocycles. The predicted octanol–water partition coefficient (Wildman–Crippen LogP) is 3.73. The van der Waals surface area contributed by atoms with E-state index in [2.05, 4.69) is 10.3 Å². The summed E-state index contributed by atoms with van der Waals surface area (Å²) >= 11 is 6.02. The Labute approximate surface area is 122 Å². The number of aromatic nitrogens is 1. The second-order valence-corrected chi connectivity index (χ2v) is 4.86. The molecule has 106 valence electrons. The van der Waals surface area contributed by atoms with Crippen molar-refractivity contribution < 1.29 is 9.13 Å². The standard InChI is InChI=1S/C15H16ClFN2O/c1-10(18-2)13-4-3-12(17)7-15(13)20-9-11-5-6-19-8-14(11)16/h3-8,10,18H,9H2,1-2H3. The van der Waals surface area contributed by atoms with E-state index in [0.717, 1.165) is 11.1 Å². The van der Waals surface area contributed by atoms with Gasteiger partial charge in [0.15, 0.2) is 0 Å². The van der Waals surface area contributed by atoms with Crippen LogP contribution in [-0.2, 0) is 6.61 Å². The first-order chi connectivity index (χ1) is 9.61. The maximum absolute atomic E-state index is 13.4. The molecule has 0 aliphatic rings. The largest absolute Gasteiger partial charge is 0.488 e. The Morgan fingerprint density at radius 1 is 1.40 bits per heavy atom. The van der Waals surface area contributed by atoms with E-state index in [1.165, 1.54) is 12.1 Å². The number of hydrogen-bond acceptors (Lipinski definition) is 3. The molecule has 2 aromatic rings. The lowest BCUT2D eigenvalue weighted by Gasteiger charge is -2.17. The summed E-state index contributed by atoms with van der Waals surface area (Å²) < 4.78 is 19.1. The first-order valence-corrected chi connectivity index (χ1v) is 6.67. The summed E-state index contributed by atoms with van der Waals surface area (Å²) in [5, 5.41) is 3.65. The molecule has 0 amide bonds. The molecule has 0 spiro atoms. The van der Waals surface area contributed by atoms with E-state index in [9.17, 15) is 4.39 Å². The van der Waals surface area contributed by atoms with Gasteiger partial charge in [0.25, 0.3) is 0 Å². The zero-order chi connectivity index (χ0) is 14.5. The summed E-state index contributed by atoms with van der Waals surface area (Å²) in [6.45, 7) is 2.26. The highest BCUT2D eigenvalue weighted by molar-refractivity contribution is 6.31. The molecule has 0 saturated carbocycles. The maximum Gasteiger partial charge on any atom is 0.127 e. The third-order valence-electron chi connectivity index (χ3n) is 3.11. The van der Waals surface area contributed by atoms with Gasteiger partial charge in [-0.05, 0) is 26.1 Å². The average molecular weight is 295 g/mol. The molecule has 2 rings (SSSR count). The predicted molar refractivity (Wildman–Crippen MR) is 77.5 cm³/mol. The fourth-order valence-corrected chi connectivity index (χ4v) is 2.00. The Morgan fingerprint density at radius 3 is 2.90 bits per heavy atom. The van der Waals surface area contributed by atoms with Gasteiger partial charge in [-0.2, -0.15) is 0 Å². The van der Waals surface area contributed by atoms with Gasteiger partial charge < -0.3 is 10.1 Å². The van der Waals surface area contributed by atoms with Crippen molar-refractivity contribution in [3.8, 4) is 5.75 Å². The number of benzene rings is 1. The van der Waals surface area contributed by atoms with Gasteiger partial charge in [0.05, 0.1) is 5.02 Å². The van der Waals surface area contributed by atoms with Gasteiger partial charge in [-0.25, -0.2) is 4.39 Å². The molecular formula is C15H16ClFN2O. The molecule has 0 bridgehead atoms. The molecule has 1 heterocycles. The van der Waals surface area contributed by atoms with E-state index >= 15 is 0 Å². The minimum atomic E-state index is -0.326. The summed E-state index contributed by atoms with van der Waals surface area (Å²) in [4.78, 5) is 3.92. The van der Waals surface area contributed by atoms with Crippen molar-refractivity contribution in [2.45, 2.75) is 19.6 Å². The van der Waals surface area contributed by atoms with Gasteiger partial charge >= 0.3 is 0 Å². The third kappa shape index (κ3) is 3.46. The molecule has 0 saturated heterocycles. The van der Waals surface area contributed by atoms with Gasteiger partial charge in [-0.1, -0.05) is 17.7 Å². The fraction of sp³-hybridized carbons (Fsp3) is 0.267. The second kappa shape index (κ2) is 6.68. The lowest BCUT2D eigenvalue weighted by Crippen LogP contribution is -2.14. The van der Waals surface area contributed by atoms with Gasteiger partial charge in [0.1, 0.15) is 18.2 Å². The number of hydrogen-bond donors (Lipinski definition) is 1. The molecule has 0 aliphatic carbocycles. The monoisotopic (exact) mass is 294 g/mol. The van der Waals surface area contributed by atoms with Crippen LogP contribution in [0.25, 0.3) is 0 Å². The van der Waals surface area contributed by atoms with Crippen molar-refractivity contribution in [2.75, 3.05) is 7.05 Å². The molecule has 5 heteroatoms. The van der Waals surface area contributed by atoms with Crippen molar-refractivity contribution in [3.05, 3.63) is 58.6 Å². The number of halogens is 2. The SMILES string of the molecule is CNC(C)c1ccc(F)cc1OCc1ccncc1Cl. The van der Waals surface area contributed by atoms with Crippen molar-refractivity contribution in [2.24, 2.45) is 0 Å². The van der Waals surface area contributed by atoms with E-state index in [-0.39, 0.29) is 18.5 Å². The van der Waals surface area contributed by atoms with Crippen LogP contribution >= 0.6 is 11.6 Å². The number of pyridine rings is 1. The molecule has 3 nitrogen and oxygen atoms in total. The molecule has 1 aromatic carbocycles. The van der Waals surface area contributed by atoms with Crippen LogP contribution in [0.15, 0.2) is 36.7 Å². The van der Waals surface area contributed by atoms with E-state index < -0.39 is 0 Å². The Morgan fingerprint density at radius 2 is 2.20 bits per heavy atom. The maximum atomic E-state index is 13.4. The average Bonchev–Trinajstić information content (AvgIpc) is 2.46. The van der Waals surface area contributed by atoms with E-state index in [1.807, 2.05) is 14.0 Å². The summed E-state index contributed by atoms with van der Waals surface area (Å²) in [5.74, 6) is 0.188. The van der Waals surface area contributed by atoms with Crippen LogP contribution in [0.2, 0.25) is 5.02 Å². The van der Waals surface area contributed by atoms with Gasteiger partial charge in [0.2, 0.25) is 0 Å². The zero-order valence-corrected chi connectivity index (χ0v) is 12.1. The normalized spacial score (nSPS) is 12.2. The van der Waals surface area contributed by atoms with Crippen LogP contribution in [0.1, 0.15) is 24.1 Å². The molecule has 20 heavy (non-hydrogen) atoms. The number of ether oxygens (including phenoxy) is 1. The Hall–Kier alpha value is -1.65.